The van der Waals surface area contributed by atoms with Gasteiger partial charge in [0.05, 0.1) is 7.11 Å². The van der Waals surface area contributed by atoms with Crippen molar-refractivity contribution in [1.82, 2.24) is 0 Å². The Morgan fingerprint density at radius 2 is 1.89 bits per heavy atom. The minimum Gasteiger partial charge on any atom is -0.497 e. The first-order chi connectivity index (χ1) is 8.72. The van der Waals surface area contributed by atoms with Gasteiger partial charge >= 0.3 is 0 Å². The van der Waals surface area contributed by atoms with Gasteiger partial charge in [0.2, 0.25) is 0 Å². The van der Waals surface area contributed by atoms with Gasteiger partial charge in [0.15, 0.2) is 0 Å². The van der Waals surface area contributed by atoms with E-state index in [0.29, 0.717) is 10.5 Å². The zero-order valence-corrected chi connectivity index (χ0v) is 10.6. The minimum atomic E-state index is -0.269. The van der Waals surface area contributed by atoms with E-state index in [1.54, 1.807) is 19.2 Å². The topological polar surface area (TPSA) is 9.23 Å². The van der Waals surface area contributed by atoms with Gasteiger partial charge in [0, 0.05) is 15.4 Å². The Morgan fingerprint density at radius 3 is 2.50 bits per heavy atom. The van der Waals surface area contributed by atoms with Gasteiger partial charge in [-0.3, -0.25) is 0 Å². The van der Waals surface area contributed by atoms with Crippen molar-refractivity contribution in [3.05, 3.63) is 53.8 Å². The zero-order valence-electron chi connectivity index (χ0n) is 9.81. The van der Waals surface area contributed by atoms with Crippen LogP contribution in [0.2, 0.25) is 0 Å². The van der Waals surface area contributed by atoms with Crippen molar-refractivity contribution in [2.24, 2.45) is 0 Å². The fourth-order valence-electron chi connectivity index (χ4n) is 1.44. The third-order valence-electron chi connectivity index (χ3n) is 2.39. The van der Waals surface area contributed by atoms with E-state index in [9.17, 15) is 4.39 Å². The Labute approximate surface area is 110 Å². The van der Waals surface area contributed by atoms with Crippen molar-refractivity contribution in [3.8, 4) is 18.1 Å². The molecule has 0 heterocycles. The van der Waals surface area contributed by atoms with Gasteiger partial charge < -0.3 is 4.74 Å². The monoisotopic (exact) mass is 258 g/mol. The van der Waals surface area contributed by atoms with E-state index in [2.05, 4.69) is 5.92 Å². The summed E-state index contributed by atoms with van der Waals surface area (Å²) in [5, 5.41) is 0. The smallest absolute Gasteiger partial charge is 0.137 e. The first-order valence-electron chi connectivity index (χ1n) is 5.31. The van der Waals surface area contributed by atoms with Crippen LogP contribution in [0.5, 0.6) is 5.75 Å². The van der Waals surface area contributed by atoms with E-state index >= 15 is 0 Å². The molecule has 0 aliphatic rings. The zero-order chi connectivity index (χ0) is 13.0. The van der Waals surface area contributed by atoms with E-state index < -0.39 is 0 Å². The van der Waals surface area contributed by atoms with Crippen LogP contribution < -0.4 is 4.74 Å². The van der Waals surface area contributed by atoms with E-state index in [1.165, 1.54) is 17.8 Å². The van der Waals surface area contributed by atoms with Crippen LogP contribution in [0.4, 0.5) is 4.39 Å². The summed E-state index contributed by atoms with van der Waals surface area (Å²) in [6, 6.07) is 12.1. The number of benzene rings is 2. The molecule has 0 saturated carbocycles. The Kier molecular flexibility index (Phi) is 3.91. The summed E-state index contributed by atoms with van der Waals surface area (Å²) < 4.78 is 18.7. The number of ether oxygens (including phenoxy) is 1. The molecule has 0 aliphatic heterocycles. The summed E-state index contributed by atoms with van der Waals surface area (Å²) in [6.45, 7) is 0. The van der Waals surface area contributed by atoms with Gasteiger partial charge in [-0.1, -0.05) is 17.7 Å². The van der Waals surface area contributed by atoms with Crippen LogP contribution in [0.25, 0.3) is 0 Å². The largest absolute Gasteiger partial charge is 0.497 e. The number of halogens is 1. The molecule has 0 amide bonds. The molecule has 0 fully saturated rings. The molecule has 90 valence electrons. The minimum absolute atomic E-state index is 0.269. The van der Waals surface area contributed by atoms with Crippen molar-refractivity contribution >= 4 is 11.8 Å². The van der Waals surface area contributed by atoms with Crippen LogP contribution in [0.1, 0.15) is 5.56 Å². The summed E-state index contributed by atoms with van der Waals surface area (Å²) >= 11 is 1.34. The molecule has 18 heavy (non-hydrogen) atoms. The number of rotatable bonds is 3. The Hall–Kier alpha value is -1.92. The average Bonchev–Trinajstić information content (AvgIpc) is 2.42. The highest BCUT2D eigenvalue weighted by molar-refractivity contribution is 7.99. The maximum Gasteiger partial charge on any atom is 0.137 e. The van der Waals surface area contributed by atoms with Gasteiger partial charge in [0.25, 0.3) is 0 Å². The number of terminal acetylenes is 1. The summed E-state index contributed by atoms with van der Waals surface area (Å²) in [6.07, 6.45) is 5.30. The summed E-state index contributed by atoms with van der Waals surface area (Å²) in [5.41, 5.74) is 0.674. The Morgan fingerprint density at radius 1 is 1.17 bits per heavy atom. The highest BCUT2D eigenvalue weighted by atomic mass is 32.2. The van der Waals surface area contributed by atoms with Crippen LogP contribution in [0.3, 0.4) is 0 Å². The van der Waals surface area contributed by atoms with Crippen molar-refractivity contribution in [1.29, 1.82) is 0 Å². The second-order valence-electron chi connectivity index (χ2n) is 3.57. The quantitative estimate of drug-likeness (QED) is 0.770. The highest BCUT2D eigenvalue weighted by Crippen LogP contribution is 2.31. The van der Waals surface area contributed by atoms with Crippen LogP contribution >= 0.6 is 11.8 Å². The van der Waals surface area contributed by atoms with Crippen LogP contribution in [-0.4, -0.2) is 7.11 Å². The molecular weight excluding hydrogens is 247 g/mol. The first-order valence-corrected chi connectivity index (χ1v) is 6.12. The highest BCUT2D eigenvalue weighted by Gasteiger charge is 2.05. The molecule has 0 bridgehead atoms. The Balaban J connectivity index is 2.25. The maximum absolute atomic E-state index is 13.6. The molecule has 0 saturated heterocycles. The third kappa shape index (κ3) is 2.85. The standard InChI is InChI=1S/C15H11FOS/c1-3-11-4-9-14(16)15(10-11)18-13-7-5-12(17-2)6-8-13/h1,4-10H,2H3. The fourth-order valence-corrected chi connectivity index (χ4v) is 2.32. The van der Waals surface area contributed by atoms with Crippen LogP contribution in [0, 0.1) is 18.2 Å². The summed E-state index contributed by atoms with van der Waals surface area (Å²) in [5.74, 6) is 3.01. The molecule has 1 nitrogen and oxygen atoms in total. The Bertz CT molecular complexity index is 584. The fraction of sp³-hybridized carbons (Fsp3) is 0.0667. The van der Waals surface area contributed by atoms with E-state index in [4.69, 9.17) is 11.2 Å². The van der Waals surface area contributed by atoms with Crippen molar-refractivity contribution in [3.63, 3.8) is 0 Å². The molecule has 3 heteroatoms. The predicted molar refractivity (Wildman–Crippen MR) is 71.5 cm³/mol. The number of hydrogen-bond donors (Lipinski definition) is 0. The molecule has 0 unspecified atom stereocenters. The number of hydrogen-bond acceptors (Lipinski definition) is 2. The van der Waals surface area contributed by atoms with Gasteiger partial charge in [-0.25, -0.2) is 4.39 Å². The van der Waals surface area contributed by atoms with Gasteiger partial charge in [-0.15, -0.1) is 6.42 Å². The lowest BCUT2D eigenvalue weighted by molar-refractivity contribution is 0.414. The predicted octanol–water partition coefficient (Wildman–Crippen LogP) is 3.97. The molecule has 2 aromatic rings. The third-order valence-corrected chi connectivity index (χ3v) is 3.43. The molecule has 0 atom stereocenters. The molecule has 0 radical (unpaired) electrons. The lowest BCUT2D eigenvalue weighted by atomic mass is 10.2. The first kappa shape index (κ1) is 12.5. The van der Waals surface area contributed by atoms with Crippen molar-refractivity contribution in [2.75, 3.05) is 7.11 Å². The summed E-state index contributed by atoms with van der Waals surface area (Å²) in [4.78, 5) is 1.46. The molecule has 0 aromatic heterocycles. The second kappa shape index (κ2) is 5.61. The van der Waals surface area contributed by atoms with Gasteiger partial charge in [-0.05, 0) is 42.5 Å². The second-order valence-corrected chi connectivity index (χ2v) is 4.68. The van der Waals surface area contributed by atoms with Crippen LogP contribution in [-0.2, 0) is 0 Å². The van der Waals surface area contributed by atoms with Gasteiger partial charge in [-0.2, -0.15) is 0 Å². The summed E-state index contributed by atoms with van der Waals surface area (Å²) in [7, 11) is 1.61. The molecular formula is C15H11FOS. The normalized spacial score (nSPS) is 9.83. The average molecular weight is 258 g/mol. The maximum atomic E-state index is 13.6. The van der Waals surface area contributed by atoms with Crippen molar-refractivity contribution in [2.45, 2.75) is 9.79 Å². The number of methoxy groups -OCH3 is 1. The van der Waals surface area contributed by atoms with Crippen molar-refractivity contribution < 1.29 is 9.13 Å². The molecule has 2 rings (SSSR count). The SMILES string of the molecule is C#Cc1ccc(F)c(Sc2ccc(OC)cc2)c1. The molecule has 0 aliphatic carbocycles. The van der Waals surface area contributed by atoms with E-state index in [-0.39, 0.29) is 5.82 Å². The lowest BCUT2D eigenvalue weighted by Gasteiger charge is -2.05. The van der Waals surface area contributed by atoms with E-state index in [1.807, 2.05) is 24.3 Å². The van der Waals surface area contributed by atoms with Crippen LogP contribution in [0.15, 0.2) is 52.3 Å². The van der Waals surface area contributed by atoms with E-state index in [0.717, 1.165) is 10.6 Å². The molecule has 0 N–H and O–H groups in total. The lowest BCUT2D eigenvalue weighted by Crippen LogP contribution is -1.84. The van der Waals surface area contributed by atoms with Gasteiger partial charge in [0.1, 0.15) is 11.6 Å². The molecule has 0 spiro atoms. The molecule has 2 aromatic carbocycles.